The maximum absolute atomic E-state index is 12.5. The molecule has 10 heteroatoms. The molecule has 26 heavy (non-hydrogen) atoms. The minimum absolute atomic E-state index is 0.1000. The number of hydrogen-bond acceptors (Lipinski definition) is 7. The van der Waals surface area contributed by atoms with Gasteiger partial charge in [-0.3, -0.25) is 14.5 Å². The third kappa shape index (κ3) is 5.01. The summed E-state index contributed by atoms with van der Waals surface area (Å²) in [4.78, 5) is 40.8. The van der Waals surface area contributed by atoms with Crippen LogP contribution in [0.5, 0.6) is 0 Å². The summed E-state index contributed by atoms with van der Waals surface area (Å²) in [7, 11) is 0. The number of amides is 4. The van der Waals surface area contributed by atoms with Gasteiger partial charge in [-0.2, -0.15) is 0 Å². The number of thioether (sulfide) groups is 1. The van der Waals surface area contributed by atoms with Crippen LogP contribution in [0.3, 0.4) is 0 Å². The second kappa shape index (κ2) is 9.27. The molecule has 0 radical (unpaired) electrons. The molecule has 2 heterocycles. The highest BCUT2D eigenvalue weighted by Gasteiger charge is 2.36. The fourth-order valence-corrected chi connectivity index (χ4v) is 2.89. The molecule has 1 aliphatic heterocycles. The van der Waals surface area contributed by atoms with Crippen molar-refractivity contribution in [2.75, 3.05) is 18.8 Å². The Hall–Kier alpha value is -2.49. The smallest absolute Gasteiger partial charge is 0.350 e. The maximum atomic E-state index is 12.5. The molecule has 1 N–H and O–H groups in total. The summed E-state index contributed by atoms with van der Waals surface area (Å²) in [6.45, 7) is 7.85. The Morgan fingerprint density at radius 3 is 2.88 bits per heavy atom. The second-order valence-electron chi connectivity index (χ2n) is 5.63. The number of carbonyl (C=O) groups is 3. The summed E-state index contributed by atoms with van der Waals surface area (Å²) in [6.07, 6.45) is 2.47. The summed E-state index contributed by atoms with van der Waals surface area (Å²) in [5, 5.41) is 10.8. The van der Waals surface area contributed by atoms with Crippen LogP contribution in [0.4, 0.5) is 4.79 Å². The molecule has 0 saturated carbocycles. The maximum Gasteiger partial charge on any atom is 0.350 e. The van der Waals surface area contributed by atoms with Crippen molar-refractivity contribution < 1.29 is 18.8 Å². The molecule has 0 spiro atoms. The van der Waals surface area contributed by atoms with Crippen molar-refractivity contribution >= 4 is 35.3 Å². The van der Waals surface area contributed by atoms with Gasteiger partial charge in [0.05, 0.1) is 11.7 Å². The number of carbonyl (C=O) groups excluding carboxylic acids is 3. The molecular weight excluding hydrogens is 358 g/mol. The molecule has 0 aliphatic carbocycles. The monoisotopic (exact) mass is 379 g/mol. The highest BCUT2D eigenvalue weighted by atomic mass is 32.2. The number of aromatic nitrogens is 2. The molecule has 4 amide bonds. The van der Waals surface area contributed by atoms with Crippen LogP contribution in [-0.2, 0) is 16.0 Å². The van der Waals surface area contributed by atoms with E-state index in [0.717, 1.165) is 23.1 Å². The Labute approximate surface area is 155 Å². The quantitative estimate of drug-likeness (QED) is 0.510. The van der Waals surface area contributed by atoms with Crippen LogP contribution in [0.1, 0.15) is 26.2 Å². The SMILES string of the molecule is C=CCN1C(=O)N=C(C)C(Cc2nnc(SCC(=O)NCCC)o2)C1=O. The van der Waals surface area contributed by atoms with Gasteiger partial charge in [0.25, 0.3) is 5.22 Å². The van der Waals surface area contributed by atoms with E-state index in [1.807, 2.05) is 6.92 Å². The van der Waals surface area contributed by atoms with Gasteiger partial charge in [-0.25, -0.2) is 9.79 Å². The van der Waals surface area contributed by atoms with E-state index in [1.54, 1.807) is 6.92 Å². The van der Waals surface area contributed by atoms with Gasteiger partial charge in [-0.15, -0.1) is 16.8 Å². The zero-order valence-corrected chi connectivity index (χ0v) is 15.5. The molecule has 0 bridgehead atoms. The highest BCUT2D eigenvalue weighted by Crippen LogP contribution is 2.21. The zero-order valence-electron chi connectivity index (χ0n) is 14.7. The number of imide groups is 1. The molecular formula is C16H21N5O4S. The normalized spacial score (nSPS) is 17.2. The van der Waals surface area contributed by atoms with Crippen molar-refractivity contribution in [1.82, 2.24) is 20.4 Å². The van der Waals surface area contributed by atoms with Crippen LogP contribution >= 0.6 is 11.8 Å². The number of hydrogen-bond donors (Lipinski definition) is 1. The first-order chi connectivity index (χ1) is 12.5. The average Bonchev–Trinajstić information content (AvgIpc) is 3.06. The van der Waals surface area contributed by atoms with Crippen molar-refractivity contribution in [3.8, 4) is 0 Å². The third-order valence-corrected chi connectivity index (χ3v) is 4.43. The molecule has 0 saturated heterocycles. The number of rotatable bonds is 9. The first-order valence-electron chi connectivity index (χ1n) is 8.19. The van der Waals surface area contributed by atoms with E-state index >= 15 is 0 Å². The van der Waals surface area contributed by atoms with E-state index in [1.165, 1.54) is 6.08 Å². The van der Waals surface area contributed by atoms with Crippen molar-refractivity contribution in [3.05, 3.63) is 18.5 Å². The summed E-state index contributed by atoms with van der Waals surface area (Å²) in [5.41, 5.74) is 0.409. The van der Waals surface area contributed by atoms with E-state index in [2.05, 4.69) is 27.1 Å². The van der Waals surface area contributed by atoms with Crippen LogP contribution in [0, 0.1) is 5.92 Å². The number of nitrogens with one attached hydrogen (secondary N) is 1. The highest BCUT2D eigenvalue weighted by molar-refractivity contribution is 7.99. The van der Waals surface area contributed by atoms with Crippen LogP contribution in [0.25, 0.3) is 0 Å². The van der Waals surface area contributed by atoms with Crippen molar-refractivity contribution in [3.63, 3.8) is 0 Å². The summed E-state index contributed by atoms with van der Waals surface area (Å²) < 4.78 is 5.49. The molecule has 2 rings (SSSR count). The van der Waals surface area contributed by atoms with Crippen molar-refractivity contribution in [2.24, 2.45) is 10.9 Å². The lowest BCUT2D eigenvalue weighted by atomic mass is 9.97. The van der Waals surface area contributed by atoms with E-state index in [4.69, 9.17) is 4.42 Å². The number of aliphatic imine (C=N–C) groups is 1. The molecule has 9 nitrogen and oxygen atoms in total. The number of nitrogens with zero attached hydrogens (tertiary/aromatic N) is 4. The topological polar surface area (TPSA) is 118 Å². The van der Waals surface area contributed by atoms with Gasteiger partial charge in [-0.05, 0) is 13.3 Å². The van der Waals surface area contributed by atoms with E-state index in [9.17, 15) is 14.4 Å². The average molecular weight is 379 g/mol. The van der Waals surface area contributed by atoms with Crippen LogP contribution in [0.15, 0.2) is 27.3 Å². The van der Waals surface area contributed by atoms with E-state index in [-0.39, 0.29) is 41.6 Å². The van der Waals surface area contributed by atoms with Crippen LogP contribution < -0.4 is 5.32 Å². The third-order valence-electron chi connectivity index (χ3n) is 3.61. The van der Waals surface area contributed by atoms with Crippen LogP contribution in [0.2, 0.25) is 0 Å². The largest absolute Gasteiger partial charge is 0.416 e. The molecule has 140 valence electrons. The Morgan fingerprint density at radius 1 is 1.42 bits per heavy atom. The molecule has 0 aromatic carbocycles. The molecule has 1 aliphatic rings. The Balaban J connectivity index is 1.98. The Morgan fingerprint density at radius 2 is 2.19 bits per heavy atom. The van der Waals surface area contributed by atoms with E-state index in [0.29, 0.717) is 12.3 Å². The lowest BCUT2D eigenvalue weighted by Crippen LogP contribution is -2.46. The molecule has 1 atom stereocenters. The summed E-state index contributed by atoms with van der Waals surface area (Å²) >= 11 is 1.13. The van der Waals surface area contributed by atoms with Gasteiger partial charge >= 0.3 is 6.03 Å². The lowest BCUT2D eigenvalue weighted by Gasteiger charge is -2.27. The second-order valence-corrected chi connectivity index (χ2v) is 6.56. The predicted octanol–water partition coefficient (Wildman–Crippen LogP) is 1.46. The van der Waals surface area contributed by atoms with E-state index < -0.39 is 11.9 Å². The summed E-state index contributed by atoms with van der Waals surface area (Å²) in [5.74, 6) is -0.693. The minimum atomic E-state index is -0.640. The lowest BCUT2D eigenvalue weighted by molar-refractivity contribution is -0.130. The fourth-order valence-electron chi connectivity index (χ4n) is 2.28. The zero-order chi connectivity index (χ0) is 19.1. The number of urea groups is 1. The van der Waals surface area contributed by atoms with Gasteiger partial charge in [0, 0.05) is 25.2 Å². The first kappa shape index (κ1) is 19.8. The van der Waals surface area contributed by atoms with Gasteiger partial charge in [0.1, 0.15) is 0 Å². The van der Waals surface area contributed by atoms with Crippen molar-refractivity contribution in [1.29, 1.82) is 0 Å². The Bertz CT molecular complexity index is 730. The van der Waals surface area contributed by atoms with Gasteiger partial charge in [-0.1, -0.05) is 24.8 Å². The summed E-state index contributed by atoms with van der Waals surface area (Å²) in [6, 6.07) is -0.594. The first-order valence-corrected chi connectivity index (χ1v) is 9.18. The molecule has 1 aromatic heterocycles. The van der Waals surface area contributed by atoms with Crippen LogP contribution in [-0.4, -0.2) is 57.5 Å². The standard InChI is InChI=1S/C16H21N5O4S/c1-4-6-17-12(22)9-26-16-20-19-13(25-16)8-11-10(3)18-15(24)21(7-5-2)14(11)23/h5,11H,2,4,6-9H2,1,3H3,(H,17,22). The predicted molar refractivity (Wildman–Crippen MR) is 95.9 cm³/mol. The van der Waals surface area contributed by atoms with Gasteiger partial charge < -0.3 is 9.73 Å². The molecule has 1 unspecified atom stereocenters. The fraction of sp³-hybridized carbons (Fsp3) is 0.500. The van der Waals surface area contributed by atoms with Gasteiger partial charge in [0.2, 0.25) is 17.7 Å². The van der Waals surface area contributed by atoms with Gasteiger partial charge in [0.15, 0.2) is 0 Å². The minimum Gasteiger partial charge on any atom is -0.416 e. The van der Waals surface area contributed by atoms with Crippen molar-refractivity contribution in [2.45, 2.75) is 31.9 Å². The molecule has 0 fully saturated rings. The Kier molecular flexibility index (Phi) is 7.07. The molecule has 1 aromatic rings.